The molecule has 86 valence electrons. The number of hydrogen-bond acceptors (Lipinski definition) is 3. The molecule has 1 heterocycles. The fraction of sp³-hybridized carbons (Fsp3) is 0.286. The molecule has 1 aromatic carbocycles. The van der Waals surface area contributed by atoms with Gasteiger partial charge in [-0.15, -0.1) is 0 Å². The quantitative estimate of drug-likeness (QED) is 0.855. The fourth-order valence-electron chi connectivity index (χ4n) is 2.24. The van der Waals surface area contributed by atoms with Gasteiger partial charge in [0.15, 0.2) is 0 Å². The minimum absolute atomic E-state index is 0.210. The van der Waals surface area contributed by atoms with Gasteiger partial charge in [-0.1, -0.05) is 17.7 Å². The highest BCUT2D eigenvalue weighted by molar-refractivity contribution is 5.76. The summed E-state index contributed by atoms with van der Waals surface area (Å²) in [7, 11) is 0. The zero-order chi connectivity index (χ0) is 11.7. The molecule has 0 bridgehead atoms. The molecule has 0 saturated heterocycles. The Morgan fingerprint density at radius 1 is 1.06 bits per heavy atom. The van der Waals surface area contributed by atoms with Crippen LogP contribution in [0, 0.1) is 0 Å². The number of aromatic nitrogens is 2. The van der Waals surface area contributed by atoms with Gasteiger partial charge in [-0.05, 0) is 37.5 Å². The minimum atomic E-state index is 0.210. The largest absolute Gasteiger partial charge is 0.396 e. The molecule has 3 rings (SSSR count). The van der Waals surface area contributed by atoms with Gasteiger partial charge < -0.3 is 5.11 Å². The molecular weight excluding hydrogens is 212 g/mol. The average molecular weight is 226 g/mol. The van der Waals surface area contributed by atoms with Crippen molar-refractivity contribution < 1.29 is 5.11 Å². The topological polar surface area (TPSA) is 46.0 Å². The van der Waals surface area contributed by atoms with Crippen molar-refractivity contribution in [2.75, 3.05) is 6.61 Å². The Hall–Kier alpha value is -1.74. The predicted molar refractivity (Wildman–Crippen MR) is 67.5 cm³/mol. The molecular formula is C14H14N2O. The highest BCUT2D eigenvalue weighted by atomic mass is 16.2. The van der Waals surface area contributed by atoms with Crippen molar-refractivity contribution in [2.45, 2.75) is 19.3 Å². The van der Waals surface area contributed by atoms with Crippen molar-refractivity contribution >= 4 is 17.1 Å². The van der Waals surface area contributed by atoms with Crippen LogP contribution in [0.3, 0.4) is 0 Å². The number of benzene rings is 1. The molecule has 0 fully saturated rings. The van der Waals surface area contributed by atoms with Crippen LogP contribution in [-0.4, -0.2) is 21.7 Å². The van der Waals surface area contributed by atoms with Crippen molar-refractivity contribution in [3.63, 3.8) is 0 Å². The van der Waals surface area contributed by atoms with E-state index in [0.29, 0.717) is 0 Å². The SMILES string of the molecule is OCCC1=Cc2nc3ccccc3nc2CC1. The first kappa shape index (κ1) is 10.4. The van der Waals surface area contributed by atoms with Crippen LogP contribution in [0.15, 0.2) is 29.8 Å². The van der Waals surface area contributed by atoms with E-state index in [1.807, 2.05) is 24.3 Å². The Balaban J connectivity index is 2.11. The van der Waals surface area contributed by atoms with E-state index >= 15 is 0 Å². The number of aliphatic hydroxyl groups is 1. The maximum absolute atomic E-state index is 8.96. The summed E-state index contributed by atoms with van der Waals surface area (Å²) in [6, 6.07) is 7.94. The smallest absolute Gasteiger partial charge is 0.0894 e. The molecule has 0 aliphatic heterocycles. The molecule has 3 heteroatoms. The summed E-state index contributed by atoms with van der Waals surface area (Å²) in [6.45, 7) is 0.210. The monoisotopic (exact) mass is 226 g/mol. The first-order valence-corrected chi connectivity index (χ1v) is 5.93. The van der Waals surface area contributed by atoms with E-state index in [9.17, 15) is 0 Å². The van der Waals surface area contributed by atoms with Crippen molar-refractivity contribution in [1.29, 1.82) is 0 Å². The van der Waals surface area contributed by atoms with Gasteiger partial charge in [0.1, 0.15) is 0 Å². The summed E-state index contributed by atoms with van der Waals surface area (Å²) in [6.07, 6.45) is 4.74. The first-order valence-electron chi connectivity index (χ1n) is 5.93. The lowest BCUT2D eigenvalue weighted by Gasteiger charge is -2.14. The maximum Gasteiger partial charge on any atom is 0.0894 e. The first-order chi connectivity index (χ1) is 8.36. The molecule has 17 heavy (non-hydrogen) atoms. The van der Waals surface area contributed by atoms with Crippen molar-refractivity contribution in [3.8, 4) is 0 Å². The van der Waals surface area contributed by atoms with Gasteiger partial charge in [-0.2, -0.15) is 0 Å². The number of nitrogens with zero attached hydrogens (tertiary/aromatic N) is 2. The van der Waals surface area contributed by atoms with Gasteiger partial charge in [0.25, 0.3) is 0 Å². The van der Waals surface area contributed by atoms with Crippen molar-refractivity contribution in [2.24, 2.45) is 0 Å². The fourth-order valence-corrected chi connectivity index (χ4v) is 2.24. The maximum atomic E-state index is 8.96. The van der Waals surface area contributed by atoms with Crippen LogP contribution in [0.2, 0.25) is 0 Å². The lowest BCUT2D eigenvalue weighted by molar-refractivity contribution is 0.298. The number of fused-ring (bicyclic) bond motifs is 2. The van der Waals surface area contributed by atoms with Crippen LogP contribution in [0.25, 0.3) is 17.1 Å². The van der Waals surface area contributed by atoms with Crippen molar-refractivity contribution in [1.82, 2.24) is 9.97 Å². The van der Waals surface area contributed by atoms with E-state index in [-0.39, 0.29) is 6.61 Å². The molecule has 3 nitrogen and oxygen atoms in total. The van der Waals surface area contributed by atoms with E-state index in [2.05, 4.69) is 16.0 Å². The van der Waals surface area contributed by atoms with Gasteiger partial charge in [0.05, 0.1) is 22.4 Å². The molecule has 1 aliphatic carbocycles. The molecule has 0 atom stereocenters. The summed E-state index contributed by atoms with van der Waals surface area (Å²) < 4.78 is 0. The van der Waals surface area contributed by atoms with E-state index in [4.69, 9.17) is 5.11 Å². The predicted octanol–water partition coefficient (Wildman–Crippen LogP) is 2.34. The highest BCUT2D eigenvalue weighted by Crippen LogP contribution is 2.24. The summed E-state index contributed by atoms with van der Waals surface area (Å²) in [4.78, 5) is 9.27. The van der Waals surface area contributed by atoms with E-state index in [0.717, 1.165) is 41.7 Å². The van der Waals surface area contributed by atoms with Crippen LogP contribution >= 0.6 is 0 Å². The second kappa shape index (κ2) is 4.26. The summed E-state index contributed by atoms with van der Waals surface area (Å²) >= 11 is 0. The van der Waals surface area contributed by atoms with Gasteiger partial charge in [0, 0.05) is 6.61 Å². The summed E-state index contributed by atoms with van der Waals surface area (Å²) in [5.41, 5.74) is 5.21. The molecule has 2 aromatic rings. The summed E-state index contributed by atoms with van der Waals surface area (Å²) in [5.74, 6) is 0. The Labute approximate surface area is 99.8 Å². The average Bonchev–Trinajstić information content (AvgIpc) is 2.36. The zero-order valence-electron chi connectivity index (χ0n) is 9.56. The van der Waals surface area contributed by atoms with Gasteiger partial charge in [-0.25, -0.2) is 9.97 Å². The molecule has 0 radical (unpaired) electrons. The Morgan fingerprint density at radius 2 is 1.82 bits per heavy atom. The second-order valence-electron chi connectivity index (χ2n) is 4.32. The molecule has 0 amide bonds. The van der Waals surface area contributed by atoms with E-state index < -0.39 is 0 Å². The lowest BCUT2D eigenvalue weighted by Crippen LogP contribution is -2.05. The molecule has 0 spiro atoms. The molecule has 1 aliphatic rings. The molecule has 1 aromatic heterocycles. The third-order valence-corrected chi connectivity index (χ3v) is 3.13. The number of hydrogen-bond donors (Lipinski definition) is 1. The highest BCUT2D eigenvalue weighted by Gasteiger charge is 2.13. The third kappa shape index (κ3) is 1.94. The van der Waals surface area contributed by atoms with E-state index in [1.54, 1.807) is 0 Å². The third-order valence-electron chi connectivity index (χ3n) is 3.13. The minimum Gasteiger partial charge on any atom is -0.396 e. The standard InChI is InChI=1S/C14H14N2O/c17-8-7-10-5-6-13-14(9-10)16-12-4-2-1-3-11(12)15-13/h1-4,9,17H,5-8H2. The normalized spacial score (nSPS) is 14.5. The second-order valence-corrected chi connectivity index (χ2v) is 4.32. The van der Waals surface area contributed by atoms with Crippen LogP contribution in [0.1, 0.15) is 24.2 Å². The number of para-hydroxylation sites is 2. The van der Waals surface area contributed by atoms with Gasteiger partial charge >= 0.3 is 0 Å². The van der Waals surface area contributed by atoms with Crippen LogP contribution in [0.4, 0.5) is 0 Å². The lowest BCUT2D eigenvalue weighted by atomic mass is 9.97. The number of aliphatic hydroxyl groups excluding tert-OH is 1. The van der Waals surface area contributed by atoms with Gasteiger partial charge in [0.2, 0.25) is 0 Å². The van der Waals surface area contributed by atoms with Gasteiger partial charge in [-0.3, -0.25) is 0 Å². The molecule has 0 saturated carbocycles. The van der Waals surface area contributed by atoms with Crippen LogP contribution in [0.5, 0.6) is 0 Å². The summed E-state index contributed by atoms with van der Waals surface area (Å²) in [5, 5.41) is 8.96. The number of aryl methyl sites for hydroxylation is 1. The van der Waals surface area contributed by atoms with Crippen LogP contribution in [-0.2, 0) is 6.42 Å². The van der Waals surface area contributed by atoms with Crippen LogP contribution < -0.4 is 0 Å². The Kier molecular flexibility index (Phi) is 2.61. The molecule has 1 N–H and O–H groups in total. The van der Waals surface area contributed by atoms with E-state index in [1.165, 1.54) is 5.57 Å². The zero-order valence-corrected chi connectivity index (χ0v) is 9.56. The van der Waals surface area contributed by atoms with Crippen molar-refractivity contribution in [3.05, 3.63) is 41.2 Å². The number of rotatable bonds is 2. The Morgan fingerprint density at radius 3 is 2.59 bits per heavy atom. The molecule has 0 unspecified atom stereocenters. The Bertz CT molecular complexity index is 590.